The van der Waals surface area contributed by atoms with Crippen molar-refractivity contribution in [1.82, 2.24) is 0 Å². The first-order valence-electron chi connectivity index (χ1n) is 5.89. The van der Waals surface area contributed by atoms with Crippen molar-refractivity contribution in [3.05, 3.63) is 32.3 Å². The third-order valence-electron chi connectivity index (χ3n) is 2.93. The van der Waals surface area contributed by atoms with Gasteiger partial charge in [0.1, 0.15) is 6.54 Å². The minimum atomic E-state index is -1.03. The smallest absolute Gasteiger partial charge is 0.323 e. The van der Waals surface area contributed by atoms with E-state index in [1.165, 1.54) is 17.0 Å². The quantitative estimate of drug-likeness (QED) is 0.639. The van der Waals surface area contributed by atoms with E-state index in [1.54, 1.807) is 0 Å². The number of hydrogen-bond acceptors (Lipinski definition) is 4. The predicted molar refractivity (Wildman–Crippen MR) is 77.9 cm³/mol. The van der Waals surface area contributed by atoms with Crippen LogP contribution in [0.3, 0.4) is 0 Å². The van der Waals surface area contributed by atoms with Gasteiger partial charge in [0.05, 0.1) is 20.7 Å². The SMILES string of the molecule is CCC(C)N(CC(=O)O)c1c(Cl)cc([N+](=O)[O-])cc1Cl. The Bertz CT molecular complexity index is 513. The molecule has 0 aromatic heterocycles. The van der Waals surface area contributed by atoms with E-state index in [2.05, 4.69) is 0 Å². The first kappa shape index (κ1) is 16.5. The maximum Gasteiger partial charge on any atom is 0.323 e. The fourth-order valence-electron chi connectivity index (χ4n) is 1.75. The highest BCUT2D eigenvalue weighted by Crippen LogP contribution is 2.38. The van der Waals surface area contributed by atoms with Crippen LogP contribution in [0.1, 0.15) is 20.3 Å². The molecular weight excluding hydrogens is 307 g/mol. The summed E-state index contributed by atoms with van der Waals surface area (Å²) in [6.07, 6.45) is 0.678. The van der Waals surface area contributed by atoms with Crippen LogP contribution in [0.4, 0.5) is 11.4 Å². The van der Waals surface area contributed by atoms with Crippen LogP contribution in [0.25, 0.3) is 0 Å². The molecule has 1 unspecified atom stereocenters. The van der Waals surface area contributed by atoms with Crippen LogP contribution in [-0.2, 0) is 4.79 Å². The number of nitro groups is 1. The van der Waals surface area contributed by atoms with Gasteiger partial charge in [0.2, 0.25) is 0 Å². The molecule has 0 heterocycles. The maximum absolute atomic E-state index is 11.0. The van der Waals surface area contributed by atoms with E-state index >= 15 is 0 Å². The number of anilines is 1. The summed E-state index contributed by atoms with van der Waals surface area (Å²) in [7, 11) is 0. The molecule has 0 bridgehead atoms. The summed E-state index contributed by atoms with van der Waals surface area (Å²) in [5.41, 5.74) is 0.0684. The Morgan fingerprint density at radius 3 is 2.30 bits per heavy atom. The Morgan fingerprint density at radius 2 is 1.95 bits per heavy atom. The van der Waals surface area contributed by atoms with Gasteiger partial charge in [-0.25, -0.2) is 0 Å². The van der Waals surface area contributed by atoms with Crippen molar-refractivity contribution >= 4 is 40.5 Å². The van der Waals surface area contributed by atoms with Crippen molar-refractivity contribution in [2.45, 2.75) is 26.3 Å². The first-order chi connectivity index (χ1) is 9.27. The second kappa shape index (κ2) is 6.76. The largest absolute Gasteiger partial charge is 0.480 e. The van der Waals surface area contributed by atoms with Crippen molar-refractivity contribution in [2.24, 2.45) is 0 Å². The fraction of sp³-hybridized carbons (Fsp3) is 0.417. The molecular formula is C12H14Cl2N2O4. The Hall–Kier alpha value is -1.53. The number of nitrogens with zero attached hydrogens (tertiary/aromatic N) is 2. The number of carboxylic acid groups (broad SMARTS) is 1. The number of carbonyl (C=O) groups is 1. The minimum Gasteiger partial charge on any atom is -0.480 e. The van der Waals surface area contributed by atoms with Gasteiger partial charge in [0, 0.05) is 18.2 Å². The van der Waals surface area contributed by atoms with Gasteiger partial charge in [-0.3, -0.25) is 14.9 Å². The van der Waals surface area contributed by atoms with Gasteiger partial charge in [-0.2, -0.15) is 0 Å². The third-order valence-corrected chi connectivity index (χ3v) is 3.50. The molecule has 0 aliphatic carbocycles. The minimum absolute atomic E-state index is 0.0609. The molecule has 8 heteroatoms. The number of carboxylic acids is 1. The van der Waals surface area contributed by atoms with Gasteiger partial charge < -0.3 is 10.0 Å². The Labute approximate surface area is 126 Å². The van der Waals surface area contributed by atoms with Crippen LogP contribution >= 0.6 is 23.2 Å². The summed E-state index contributed by atoms with van der Waals surface area (Å²) in [5.74, 6) is -1.03. The lowest BCUT2D eigenvalue weighted by Crippen LogP contribution is -2.37. The third kappa shape index (κ3) is 3.74. The normalized spacial score (nSPS) is 12.0. The van der Waals surface area contributed by atoms with Crippen molar-refractivity contribution in [2.75, 3.05) is 11.4 Å². The van der Waals surface area contributed by atoms with E-state index in [0.717, 1.165) is 0 Å². The van der Waals surface area contributed by atoms with Crippen molar-refractivity contribution in [3.8, 4) is 0 Å². The number of halogens is 2. The number of benzene rings is 1. The Balaban J connectivity index is 3.33. The fourth-order valence-corrected chi connectivity index (χ4v) is 2.45. The van der Waals surface area contributed by atoms with Crippen molar-refractivity contribution < 1.29 is 14.8 Å². The van der Waals surface area contributed by atoms with Gasteiger partial charge in [0.25, 0.3) is 5.69 Å². The summed E-state index contributed by atoms with van der Waals surface area (Å²) in [6, 6.07) is 2.21. The highest BCUT2D eigenvalue weighted by Gasteiger charge is 2.24. The lowest BCUT2D eigenvalue weighted by molar-refractivity contribution is -0.384. The molecule has 0 aliphatic heterocycles. The van der Waals surface area contributed by atoms with E-state index < -0.39 is 10.9 Å². The lowest BCUT2D eigenvalue weighted by Gasteiger charge is -2.30. The molecule has 0 aliphatic rings. The molecule has 0 saturated heterocycles. The molecule has 0 spiro atoms. The second-order valence-electron chi connectivity index (χ2n) is 4.29. The number of aliphatic carboxylic acids is 1. The second-order valence-corrected chi connectivity index (χ2v) is 5.11. The highest BCUT2D eigenvalue weighted by molar-refractivity contribution is 6.39. The molecule has 20 heavy (non-hydrogen) atoms. The van der Waals surface area contributed by atoms with Gasteiger partial charge in [0.15, 0.2) is 0 Å². The lowest BCUT2D eigenvalue weighted by atomic mass is 10.1. The molecule has 1 aromatic carbocycles. The summed E-state index contributed by atoms with van der Waals surface area (Å²) < 4.78 is 0. The first-order valence-corrected chi connectivity index (χ1v) is 6.65. The van der Waals surface area contributed by atoms with E-state index in [-0.39, 0.29) is 28.3 Å². The summed E-state index contributed by atoms with van der Waals surface area (Å²) >= 11 is 12.1. The Kier molecular flexibility index (Phi) is 5.59. The molecule has 1 rings (SSSR count). The zero-order valence-corrected chi connectivity index (χ0v) is 12.5. The molecule has 1 aromatic rings. The number of non-ortho nitro benzene ring substituents is 1. The molecule has 110 valence electrons. The zero-order valence-electron chi connectivity index (χ0n) is 11.0. The van der Waals surface area contributed by atoms with Gasteiger partial charge in [-0.1, -0.05) is 30.1 Å². The van der Waals surface area contributed by atoms with Crippen molar-refractivity contribution in [1.29, 1.82) is 0 Å². The van der Waals surface area contributed by atoms with E-state index in [4.69, 9.17) is 28.3 Å². The molecule has 0 amide bonds. The van der Waals surface area contributed by atoms with Gasteiger partial charge in [-0.05, 0) is 13.3 Å². The molecule has 0 radical (unpaired) electrons. The molecule has 6 nitrogen and oxygen atoms in total. The molecule has 0 fully saturated rings. The van der Waals surface area contributed by atoms with Gasteiger partial charge >= 0.3 is 5.97 Å². The highest BCUT2D eigenvalue weighted by atomic mass is 35.5. The predicted octanol–water partition coefficient (Wildman–Crippen LogP) is 3.59. The summed E-state index contributed by atoms with van der Waals surface area (Å²) in [5, 5.41) is 19.8. The Morgan fingerprint density at radius 1 is 1.45 bits per heavy atom. The van der Waals surface area contributed by atoms with Crippen LogP contribution in [0.5, 0.6) is 0 Å². The zero-order chi connectivity index (χ0) is 15.4. The van der Waals surface area contributed by atoms with Crippen LogP contribution in [0, 0.1) is 10.1 Å². The van der Waals surface area contributed by atoms with Crippen LogP contribution in [-0.4, -0.2) is 28.6 Å². The molecule has 1 N–H and O–H groups in total. The number of rotatable bonds is 6. The van der Waals surface area contributed by atoms with E-state index in [1.807, 2.05) is 13.8 Å². The van der Waals surface area contributed by atoms with E-state index in [9.17, 15) is 14.9 Å². The van der Waals surface area contributed by atoms with E-state index in [0.29, 0.717) is 12.1 Å². The van der Waals surface area contributed by atoms with Crippen LogP contribution in [0.15, 0.2) is 12.1 Å². The number of hydrogen-bond donors (Lipinski definition) is 1. The number of nitro benzene ring substituents is 1. The summed E-state index contributed by atoms with van der Waals surface area (Å²) in [6.45, 7) is 3.44. The van der Waals surface area contributed by atoms with Crippen LogP contribution in [0.2, 0.25) is 10.0 Å². The molecule has 0 saturated carbocycles. The average Bonchev–Trinajstić information content (AvgIpc) is 2.35. The van der Waals surface area contributed by atoms with Crippen molar-refractivity contribution in [3.63, 3.8) is 0 Å². The summed E-state index contributed by atoms with van der Waals surface area (Å²) in [4.78, 5) is 22.6. The average molecular weight is 321 g/mol. The monoisotopic (exact) mass is 320 g/mol. The molecule has 1 atom stereocenters. The van der Waals surface area contributed by atoms with Gasteiger partial charge in [-0.15, -0.1) is 0 Å². The van der Waals surface area contributed by atoms with Crippen LogP contribution < -0.4 is 4.90 Å². The standard InChI is InChI=1S/C12H14Cl2N2O4/c1-3-7(2)15(6-11(17)18)12-9(13)4-8(16(19)20)5-10(12)14/h4-5,7H,3,6H2,1-2H3,(H,17,18). The topological polar surface area (TPSA) is 83.7 Å². The maximum atomic E-state index is 11.0.